The number of hydrogen-bond donors (Lipinski definition) is 1. The predicted octanol–water partition coefficient (Wildman–Crippen LogP) is 4.80. The first-order chi connectivity index (χ1) is 9.63. The molecule has 0 radical (unpaired) electrons. The topological polar surface area (TPSA) is 29.3 Å². The SMILES string of the molecule is Nc1c(Cl)cc(CN(Cc2cccs2)C2CC2)cc1Cl. The molecule has 1 aliphatic rings. The molecule has 2 N–H and O–H groups in total. The summed E-state index contributed by atoms with van der Waals surface area (Å²) in [6.07, 6.45) is 2.56. The molecule has 0 amide bonds. The molecule has 0 bridgehead atoms. The quantitative estimate of drug-likeness (QED) is 0.799. The minimum atomic E-state index is 0.466. The fraction of sp³-hybridized carbons (Fsp3) is 0.333. The van der Waals surface area contributed by atoms with Crippen LogP contribution in [0.5, 0.6) is 0 Å². The molecule has 2 aromatic rings. The summed E-state index contributed by atoms with van der Waals surface area (Å²) in [5, 5.41) is 3.20. The molecule has 0 aliphatic heterocycles. The van der Waals surface area contributed by atoms with Crippen LogP contribution in [-0.2, 0) is 13.1 Å². The Bertz CT molecular complexity index is 571. The summed E-state index contributed by atoms with van der Waals surface area (Å²) in [4.78, 5) is 3.88. The first-order valence-corrected chi connectivity index (χ1v) is 8.27. The molecule has 1 fully saturated rings. The van der Waals surface area contributed by atoms with Crippen molar-refractivity contribution in [2.75, 3.05) is 5.73 Å². The van der Waals surface area contributed by atoms with E-state index in [9.17, 15) is 0 Å². The molecule has 0 unspecified atom stereocenters. The van der Waals surface area contributed by atoms with Crippen LogP contribution in [-0.4, -0.2) is 10.9 Å². The monoisotopic (exact) mass is 326 g/mol. The van der Waals surface area contributed by atoms with Gasteiger partial charge in [-0.3, -0.25) is 4.90 Å². The normalized spacial score (nSPS) is 14.9. The van der Waals surface area contributed by atoms with Crippen LogP contribution < -0.4 is 5.73 Å². The van der Waals surface area contributed by atoms with Gasteiger partial charge in [-0.1, -0.05) is 29.3 Å². The molecule has 1 aromatic carbocycles. The maximum absolute atomic E-state index is 6.11. The Labute approximate surface area is 133 Å². The summed E-state index contributed by atoms with van der Waals surface area (Å²) in [6.45, 7) is 1.85. The highest BCUT2D eigenvalue weighted by Gasteiger charge is 2.29. The number of halogens is 2. The Balaban J connectivity index is 1.76. The maximum atomic E-state index is 6.11. The van der Waals surface area contributed by atoms with Crippen LogP contribution in [0.15, 0.2) is 29.6 Å². The van der Waals surface area contributed by atoms with Crippen LogP contribution in [0.4, 0.5) is 5.69 Å². The maximum Gasteiger partial charge on any atom is 0.0693 e. The van der Waals surface area contributed by atoms with Crippen molar-refractivity contribution in [1.29, 1.82) is 0 Å². The van der Waals surface area contributed by atoms with Gasteiger partial charge in [-0.15, -0.1) is 11.3 Å². The van der Waals surface area contributed by atoms with Crippen molar-refractivity contribution in [2.24, 2.45) is 0 Å². The van der Waals surface area contributed by atoms with Gasteiger partial charge in [-0.25, -0.2) is 0 Å². The second-order valence-corrected chi connectivity index (χ2v) is 7.04. The third-order valence-corrected chi connectivity index (χ3v) is 5.01. The number of nitrogen functional groups attached to an aromatic ring is 1. The van der Waals surface area contributed by atoms with Gasteiger partial charge in [0.2, 0.25) is 0 Å². The number of hydrogen-bond acceptors (Lipinski definition) is 3. The second-order valence-electron chi connectivity index (χ2n) is 5.19. The molecule has 1 saturated carbocycles. The molecular formula is C15H16Cl2N2S. The average Bonchev–Trinajstić information content (AvgIpc) is 3.14. The number of benzene rings is 1. The van der Waals surface area contributed by atoms with E-state index < -0.39 is 0 Å². The van der Waals surface area contributed by atoms with Gasteiger partial charge in [0.1, 0.15) is 0 Å². The lowest BCUT2D eigenvalue weighted by molar-refractivity contribution is 0.248. The van der Waals surface area contributed by atoms with Crippen molar-refractivity contribution in [3.8, 4) is 0 Å². The zero-order valence-electron chi connectivity index (χ0n) is 11.0. The molecule has 1 aliphatic carbocycles. The number of anilines is 1. The summed E-state index contributed by atoms with van der Waals surface area (Å²) >= 11 is 14.0. The Morgan fingerprint density at radius 3 is 2.45 bits per heavy atom. The Kier molecular flexibility index (Phi) is 4.22. The minimum absolute atomic E-state index is 0.466. The van der Waals surface area contributed by atoms with Gasteiger partial charge in [0.25, 0.3) is 0 Å². The Morgan fingerprint density at radius 2 is 1.90 bits per heavy atom. The van der Waals surface area contributed by atoms with Crippen molar-refractivity contribution < 1.29 is 0 Å². The van der Waals surface area contributed by atoms with E-state index in [0.29, 0.717) is 21.8 Å². The molecule has 0 saturated heterocycles. The van der Waals surface area contributed by atoms with Crippen LogP contribution in [0.2, 0.25) is 10.0 Å². The van der Waals surface area contributed by atoms with Crippen LogP contribution in [0.3, 0.4) is 0 Å². The van der Waals surface area contributed by atoms with Gasteiger partial charge in [0, 0.05) is 24.0 Å². The van der Waals surface area contributed by atoms with E-state index in [0.717, 1.165) is 18.7 Å². The van der Waals surface area contributed by atoms with Gasteiger partial charge < -0.3 is 5.73 Å². The molecule has 1 heterocycles. The highest BCUT2D eigenvalue weighted by Crippen LogP contribution is 2.33. The fourth-order valence-electron chi connectivity index (χ4n) is 2.32. The van der Waals surface area contributed by atoms with Crippen LogP contribution >= 0.6 is 34.5 Å². The van der Waals surface area contributed by atoms with Crippen molar-refractivity contribution in [1.82, 2.24) is 4.90 Å². The zero-order valence-corrected chi connectivity index (χ0v) is 13.3. The third kappa shape index (κ3) is 3.29. The zero-order chi connectivity index (χ0) is 14.1. The third-order valence-electron chi connectivity index (χ3n) is 3.53. The second kappa shape index (κ2) is 5.94. The van der Waals surface area contributed by atoms with Crippen LogP contribution in [0, 0.1) is 0 Å². The lowest BCUT2D eigenvalue weighted by atomic mass is 10.2. The number of rotatable bonds is 5. The van der Waals surface area contributed by atoms with Gasteiger partial charge >= 0.3 is 0 Å². The first kappa shape index (κ1) is 14.2. The summed E-state index contributed by atoms with van der Waals surface area (Å²) in [5.41, 5.74) is 7.38. The smallest absolute Gasteiger partial charge is 0.0693 e. The van der Waals surface area contributed by atoms with E-state index in [2.05, 4.69) is 22.4 Å². The van der Waals surface area contributed by atoms with Gasteiger partial charge in [-0.05, 0) is 42.0 Å². The molecule has 1 aromatic heterocycles. The molecule has 3 rings (SSSR count). The molecule has 5 heteroatoms. The lowest BCUT2D eigenvalue weighted by Crippen LogP contribution is -2.24. The first-order valence-electron chi connectivity index (χ1n) is 6.63. The number of thiophene rings is 1. The predicted molar refractivity (Wildman–Crippen MR) is 87.5 cm³/mol. The number of nitrogens with two attached hydrogens (primary N) is 1. The van der Waals surface area contributed by atoms with Crippen molar-refractivity contribution in [3.05, 3.63) is 50.1 Å². The van der Waals surface area contributed by atoms with Crippen LogP contribution in [0.25, 0.3) is 0 Å². The highest BCUT2D eigenvalue weighted by atomic mass is 35.5. The fourth-order valence-corrected chi connectivity index (χ4v) is 3.58. The van der Waals surface area contributed by atoms with Crippen LogP contribution in [0.1, 0.15) is 23.3 Å². The molecular weight excluding hydrogens is 311 g/mol. The van der Waals surface area contributed by atoms with Gasteiger partial charge in [0.05, 0.1) is 15.7 Å². The summed E-state index contributed by atoms with van der Waals surface area (Å²) < 4.78 is 0. The van der Waals surface area contributed by atoms with Crippen molar-refractivity contribution in [3.63, 3.8) is 0 Å². The van der Waals surface area contributed by atoms with Crippen molar-refractivity contribution in [2.45, 2.75) is 32.0 Å². The van der Waals surface area contributed by atoms with E-state index in [-0.39, 0.29) is 0 Å². The molecule has 2 nitrogen and oxygen atoms in total. The Hall–Kier alpha value is -0.740. The number of nitrogens with zero attached hydrogens (tertiary/aromatic N) is 1. The largest absolute Gasteiger partial charge is 0.396 e. The molecule has 0 spiro atoms. The summed E-state index contributed by atoms with van der Waals surface area (Å²) in [5.74, 6) is 0. The summed E-state index contributed by atoms with van der Waals surface area (Å²) in [7, 11) is 0. The van der Waals surface area contributed by atoms with Gasteiger partial charge in [0.15, 0.2) is 0 Å². The van der Waals surface area contributed by atoms with Crippen molar-refractivity contribution >= 4 is 40.2 Å². The summed E-state index contributed by atoms with van der Waals surface area (Å²) in [6, 6.07) is 8.82. The van der Waals surface area contributed by atoms with Gasteiger partial charge in [-0.2, -0.15) is 0 Å². The molecule has 0 atom stereocenters. The Morgan fingerprint density at radius 1 is 1.20 bits per heavy atom. The standard InChI is InChI=1S/C15H16Cl2N2S/c16-13-6-10(7-14(17)15(13)18)8-19(11-3-4-11)9-12-2-1-5-20-12/h1-2,5-7,11H,3-4,8-9,18H2. The van der Waals surface area contributed by atoms with E-state index in [4.69, 9.17) is 28.9 Å². The highest BCUT2D eigenvalue weighted by molar-refractivity contribution is 7.09. The molecule has 20 heavy (non-hydrogen) atoms. The molecule has 106 valence electrons. The van der Waals surface area contributed by atoms with E-state index in [1.54, 1.807) is 11.3 Å². The van der Waals surface area contributed by atoms with E-state index >= 15 is 0 Å². The lowest BCUT2D eigenvalue weighted by Gasteiger charge is -2.22. The minimum Gasteiger partial charge on any atom is -0.396 e. The average molecular weight is 327 g/mol. The van der Waals surface area contributed by atoms with E-state index in [1.165, 1.54) is 17.7 Å². The van der Waals surface area contributed by atoms with E-state index in [1.807, 2.05) is 12.1 Å².